The largest absolute Gasteiger partial charge is 0.497 e. The fourth-order valence-corrected chi connectivity index (χ4v) is 1.14. The van der Waals surface area contributed by atoms with Gasteiger partial charge in [0.05, 0.1) is 7.11 Å². The molecule has 1 N–H and O–H groups in total. The van der Waals surface area contributed by atoms with Crippen molar-refractivity contribution in [2.75, 3.05) is 7.11 Å². The lowest BCUT2D eigenvalue weighted by Crippen LogP contribution is -1.88. The third-order valence-electron chi connectivity index (χ3n) is 1.80. The lowest BCUT2D eigenvalue weighted by Gasteiger charge is -2.03. The van der Waals surface area contributed by atoms with Crippen molar-refractivity contribution < 1.29 is 4.74 Å². The van der Waals surface area contributed by atoms with E-state index < -0.39 is 0 Å². The number of benzene rings is 1. The van der Waals surface area contributed by atoms with Crippen LogP contribution >= 0.6 is 0 Å². The average molecular weight is 175 g/mol. The molecule has 1 aromatic carbocycles. The monoisotopic (exact) mass is 175 g/mol. The van der Waals surface area contributed by atoms with Gasteiger partial charge in [0.1, 0.15) is 5.75 Å². The molecule has 13 heavy (non-hydrogen) atoms. The Bertz CT molecular complexity index is 329. The van der Waals surface area contributed by atoms with Gasteiger partial charge in [-0.25, -0.2) is 0 Å². The van der Waals surface area contributed by atoms with Crippen molar-refractivity contribution >= 4 is 12.3 Å². The lowest BCUT2D eigenvalue weighted by atomic mass is 10.1. The van der Waals surface area contributed by atoms with Gasteiger partial charge in [-0.3, -0.25) is 0 Å². The Labute approximate surface area is 78.4 Å². The van der Waals surface area contributed by atoms with Crippen LogP contribution in [0.3, 0.4) is 0 Å². The van der Waals surface area contributed by atoms with Crippen LogP contribution in [0.25, 0.3) is 6.08 Å². The maximum atomic E-state index is 7.19. The van der Waals surface area contributed by atoms with E-state index in [1.807, 2.05) is 37.3 Å². The molecule has 2 nitrogen and oxygen atoms in total. The van der Waals surface area contributed by atoms with E-state index in [1.165, 1.54) is 6.21 Å². The summed E-state index contributed by atoms with van der Waals surface area (Å²) in [7, 11) is 1.64. The summed E-state index contributed by atoms with van der Waals surface area (Å²) in [5, 5.41) is 7.19. The highest BCUT2D eigenvalue weighted by Crippen LogP contribution is 2.17. The first-order chi connectivity index (χ1) is 6.31. The van der Waals surface area contributed by atoms with Crippen molar-refractivity contribution in [2.45, 2.75) is 6.92 Å². The Balaban J connectivity index is 3.17. The Kier molecular flexibility index (Phi) is 3.26. The molecule has 0 aliphatic rings. The van der Waals surface area contributed by atoms with Gasteiger partial charge < -0.3 is 10.1 Å². The molecule has 2 heteroatoms. The highest BCUT2D eigenvalue weighted by Gasteiger charge is 1.98. The van der Waals surface area contributed by atoms with Crippen LogP contribution in [0, 0.1) is 5.41 Å². The first kappa shape index (κ1) is 9.52. The van der Waals surface area contributed by atoms with E-state index in [0.29, 0.717) is 0 Å². The summed E-state index contributed by atoms with van der Waals surface area (Å²) in [5.41, 5.74) is 1.91. The summed E-state index contributed by atoms with van der Waals surface area (Å²) in [6, 6.07) is 5.65. The summed E-state index contributed by atoms with van der Waals surface area (Å²) >= 11 is 0. The Morgan fingerprint density at radius 3 is 2.62 bits per heavy atom. The molecule has 0 amide bonds. The molecule has 0 aromatic heterocycles. The van der Waals surface area contributed by atoms with Crippen LogP contribution < -0.4 is 4.74 Å². The highest BCUT2D eigenvalue weighted by molar-refractivity contribution is 5.83. The molecule has 0 spiro atoms. The molecule has 0 aliphatic heterocycles. The van der Waals surface area contributed by atoms with E-state index in [0.717, 1.165) is 16.9 Å². The standard InChI is InChI=1S/C11H13NO/c1-3-4-9-7-11(13-2)6-5-10(9)8-12/h3-8,12H,1-2H3/b4-3+,12-8?. The molecular formula is C11H13NO. The number of methoxy groups -OCH3 is 1. The molecule has 0 fully saturated rings. The molecule has 0 unspecified atom stereocenters. The van der Waals surface area contributed by atoms with E-state index in [4.69, 9.17) is 10.1 Å². The van der Waals surface area contributed by atoms with Crippen molar-refractivity contribution in [3.8, 4) is 5.75 Å². The summed E-state index contributed by atoms with van der Waals surface area (Å²) < 4.78 is 5.09. The first-order valence-corrected chi connectivity index (χ1v) is 4.13. The second-order valence-electron chi connectivity index (χ2n) is 2.64. The Morgan fingerprint density at radius 2 is 2.08 bits per heavy atom. The van der Waals surface area contributed by atoms with Crippen molar-refractivity contribution in [1.82, 2.24) is 0 Å². The van der Waals surface area contributed by atoms with Crippen molar-refractivity contribution in [2.24, 2.45) is 0 Å². The zero-order chi connectivity index (χ0) is 9.68. The molecule has 1 rings (SSSR count). The van der Waals surface area contributed by atoms with Crippen LogP contribution in [0.15, 0.2) is 24.3 Å². The van der Waals surface area contributed by atoms with Gasteiger partial charge in [-0.1, -0.05) is 12.2 Å². The zero-order valence-electron chi connectivity index (χ0n) is 7.87. The molecular weight excluding hydrogens is 162 g/mol. The minimum absolute atomic E-state index is 0.818. The van der Waals surface area contributed by atoms with E-state index in [9.17, 15) is 0 Å². The van der Waals surface area contributed by atoms with Crippen LogP contribution in [0.5, 0.6) is 5.75 Å². The molecule has 0 atom stereocenters. The van der Waals surface area contributed by atoms with Gasteiger partial charge in [-0.2, -0.15) is 0 Å². The van der Waals surface area contributed by atoms with Crippen molar-refractivity contribution in [1.29, 1.82) is 5.41 Å². The SMILES string of the molecule is C/C=C/c1cc(OC)ccc1C=N. The summed E-state index contributed by atoms with van der Waals surface area (Å²) in [6.07, 6.45) is 5.25. The number of ether oxygens (including phenoxy) is 1. The molecule has 0 bridgehead atoms. The topological polar surface area (TPSA) is 33.1 Å². The van der Waals surface area contributed by atoms with Crippen LogP contribution in [0.4, 0.5) is 0 Å². The summed E-state index contributed by atoms with van der Waals surface area (Å²) in [4.78, 5) is 0. The quantitative estimate of drug-likeness (QED) is 0.704. The molecule has 0 heterocycles. The van der Waals surface area contributed by atoms with Gasteiger partial charge in [-0.05, 0) is 36.2 Å². The van der Waals surface area contributed by atoms with Crippen molar-refractivity contribution in [3.63, 3.8) is 0 Å². The molecule has 0 saturated heterocycles. The van der Waals surface area contributed by atoms with Crippen LogP contribution in [-0.2, 0) is 0 Å². The minimum Gasteiger partial charge on any atom is -0.497 e. The maximum Gasteiger partial charge on any atom is 0.119 e. The van der Waals surface area contributed by atoms with E-state index >= 15 is 0 Å². The van der Waals surface area contributed by atoms with Gasteiger partial charge in [0.2, 0.25) is 0 Å². The van der Waals surface area contributed by atoms with Gasteiger partial charge in [0.15, 0.2) is 0 Å². The van der Waals surface area contributed by atoms with Crippen LogP contribution in [0.1, 0.15) is 18.1 Å². The van der Waals surface area contributed by atoms with Crippen molar-refractivity contribution in [3.05, 3.63) is 35.4 Å². The van der Waals surface area contributed by atoms with E-state index in [1.54, 1.807) is 7.11 Å². The zero-order valence-corrected chi connectivity index (χ0v) is 7.87. The number of hydrogen-bond donors (Lipinski definition) is 1. The third kappa shape index (κ3) is 2.18. The Hall–Kier alpha value is -1.57. The predicted molar refractivity (Wildman–Crippen MR) is 55.6 cm³/mol. The highest BCUT2D eigenvalue weighted by atomic mass is 16.5. The molecule has 1 aromatic rings. The van der Waals surface area contributed by atoms with Gasteiger partial charge in [0.25, 0.3) is 0 Å². The molecule has 0 radical (unpaired) electrons. The van der Waals surface area contributed by atoms with Gasteiger partial charge in [0, 0.05) is 6.21 Å². The normalized spacial score (nSPS) is 10.3. The van der Waals surface area contributed by atoms with Gasteiger partial charge >= 0.3 is 0 Å². The second kappa shape index (κ2) is 4.45. The second-order valence-corrected chi connectivity index (χ2v) is 2.64. The van der Waals surface area contributed by atoms with E-state index in [2.05, 4.69) is 0 Å². The summed E-state index contributed by atoms with van der Waals surface area (Å²) in [6.45, 7) is 1.95. The molecule has 68 valence electrons. The predicted octanol–water partition coefficient (Wildman–Crippen LogP) is 2.73. The fourth-order valence-electron chi connectivity index (χ4n) is 1.14. The Morgan fingerprint density at radius 1 is 1.31 bits per heavy atom. The number of nitrogens with one attached hydrogen (secondary N) is 1. The lowest BCUT2D eigenvalue weighted by molar-refractivity contribution is 0.414. The van der Waals surface area contributed by atoms with Crippen LogP contribution in [0.2, 0.25) is 0 Å². The van der Waals surface area contributed by atoms with E-state index in [-0.39, 0.29) is 0 Å². The van der Waals surface area contributed by atoms with Crippen LogP contribution in [-0.4, -0.2) is 13.3 Å². The smallest absolute Gasteiger partial charge is 0.119 e. The van der Waals surface area contributed by atoms with Gasteiger partial charge in [-0.15, -0.1) is 0 Å². The molecule has 0 saturated carbocycles. The maximum absolute atomic E-state index is 7.19. The number of allylic oxidation sites excluding steroid dienone is 1. The number of rotatable bonds is 3. The number of hydrogen-bond acceptors (Lipinski definition) is 2. The minimum atomic E-state index is 0.818. The summed E-state index contributed by atoms with van der Waals surface area (Å²) in [5.74, 6) is 0.818. The average Bonchev–Trinajstić information content (AvgIpc) is 2.18. The molecule has 0 aliphatic carbocycles. The first-order valence-electron chi connectivity index (χ1n) is 4.13. The third-order valence-corrected chi connectivity index (χ3v) is 1.80. The fraction of sp³-hybridized carbons (Fsp3) is 0.182.